The van der Waals surface area contributed by atoms with Gasteiger partial charge in [0, 0.05) is 150 Å². The Labute approximate surface area is 725 Å². The van der Waals surface area contributed by atoms with Crippen LogP contribution >= 0.6 is 0 Å². The number of nitrogens with one attached hydrogen (secondary N) is 2. The number of aryl methyl sites for hydroxylation is 8. The molecule has 0 spiro atoms. The summed E-state index contributed by atoms with van der Waals surface area (Å²) in [4.78, 5) is 77.4. The van der Waals surface area contributed by atoms with Crippen molar-refractivity contribution in [2.75, 3.05) is 151 Å². The minimum Gasteiger partial charge on any atom is -0.394 e. The van der Waals surface area contributed by atoms with Crippen LogP contribution in [0.1, 0.15) is 153 Å². The van der Waals surface area contributed by atoms with Gasteiger partial charge in [0.05, 0.1) is 65.6 Å². The molecule has 15 rings (SSSR count). The van der Waals surface area contributed by atoms with E-state index in [0.717, 1.165) is 208 Å². The van der Waals surface area contributed by atoms with Crippen LogP contribution < -0.4 is 45.8 Å². The standard InChI is InChI=1S/C34H40N6O2.C33H40N6O2.C32H38N6O2/c1-22-10-11-29(26(18-22)20-35)38-14-12-27(13-15-38)37-32-24(3)19-23(2)31(25(32)4)34(42)39-16-17-40(30(21-39)33(36)41)28-8-6-5-7-9-28;1-22-7-8-30(27(16-22)19-34)37-12-9-26(10-13-37)18-29-23(2)17-24(3)32(25(29)4)33(41)38-14-15-39(28(20-38)21-40)31-6-5-11-35-36-31;1-22-18-23(2)31(35-26-11-14-36(15-12-26)28-9-5-4-8-25(28)19-33)24(3)30(22)32(40)37-16-17-38(27(20-37)21-39)29-10-6-7-13-34-29/h5-11,18-19,27,30,37H,12-17,21H2,1-4H3,(H2,36,41);5-8,11,16-17,26,28,40H,9-10,12-15,18,20-21H2,1-4H3;4-10,13,18,26-27,35,39H,11-12,14-17,20-21H2,1-3H3/t;28-;27-/m.00/s1. The molecule has 3 atom stereocenters. The highest BCUT2D eigenvalue weighted by atomic mass is 16.3. The molecule has 24 nitrogen and oxygen atoms in total. The monoisotopic (exact) mass is 1650 g/mol. The molecule has 6 aliphatic rings. The van der Waals surface area contributed by atoms with E-state index in [1.807, 2.05) is 165 Å². The van der Waals surface area contributed by atoms with Crippen molar-refractivity contribution in [3.05, 3.63) is 252 Å². The highest BCUT2D eigenvalue weighted by Gasteiger charge is 2.39. The fourth-order valence-corrected chi connectivity index (χ4v) is 19.4. The molecule has 0 radical (unpaired) electrons. The predicted molar refractivity (Wildman–Crippen MR) is 488 cm³/mol. The number of nitrogens with two attached hydrogens (primary N) is 1. The van der Waals surface area contributed by atoms with E-state index in [4.69, 9.17) is 5.73 Å². The second-order valence-electron chi connectivity index (χ2n) is 34.1. The lowest BCUT2D eigenvalue weighted by atomic mass is 9.83. The van der Waals surface area contributed by atoms with Gasteiger partial charge in [0.25, 0.3) is 17.7 Å². The third kappa shape index (κ3) is 20.0. The first kappa shape index (κ1) is 88.2. The number of para-hydroxylation sites is 2. The maximum Gasteiger partial charge on any atom is 0.254 e. The van der Waals surface area contributed by atoms with Gasteiger partial charge < -0.3 is 70.7 Å². The van der Waals surface area contributed by atoms with Crippen molar-refractivity contribution in [2.45, 2.75) is 151 Å². The third-order valence-electron chi connectivity index (χ3n) is 25.9. The molecule has 123 heavy (non-hydrogen) atoms. The van der Waals surface area contributed by atoms with Crippen LogP contribution in [-0.2, 0) is 11.2 Å². The molecule has 6 fully saturated rings. The smallest absolute Gasteiger partial charge is 0.254 e. The summed E-state index contributed by atoms with van der Waals surface area (Å²) in [5.74, 6) is 1.63. The van der Waals surface area contributed by atoms with Crippen LogP contribution in [0.2, 0.25) is 0 Å². The van der Waals surface area contributed by atoms with Gasteiger partial charge in [-0.3, -0.25) is 19.2 Å². The van der Waals surface area contributed by atoms with Crippen molar-refractivity contribution in [3.8, 4) is 18.2 Å². The van der Waals surface area contributed by atoms with Gasteiger partial charge in [0.2, 0.25) is 5.91 Å². The summed E-state index contributed by atoms with van der Waals surface area (Å²) in [6.45, 7) is 32.3. The number of piperidine rings is 3. The van der Waals surface area contributed by atoms with Gasteiger partial charge in [0.15, 0.2) is 5.82 Å². The van der Waals surface area contributed by atoms with Crippen LogP contribution in [0.5, 0.6) is 0 Å². The largest absolute Gasteiger partial charge is 0.394 e. The second-order valence-corrected chi connectivity index (χ2v) is 34.1. The fourth-order valence-electron chi connectivity index (χ4n) is 19.4. The zero-order valence-corrected chi connectivity index (χ0v) is 73.2. The normalized spacial score (nSPS) is 17.8. The molecule has 4 amide bonds. The van der Waals surface area contributed by atoms with E-state index >= 15 is 0 Å². The quantitative estimate of drug-likeness (QED) is 0.0533. The summed E-state index contributed by atoms with van der Waals surface area (Å²) in [6.07, 6.45) is 10.2. The van der Waals surface area contributed by atoms with Gasteiger partial charge in [-0.2, -0.15) is 20.9 Å². The summed E-state index contributed by atoms with van der Waals surface area (Å²) in [6, 6.07) is 52.1. The van der Waals surface area contributed by atoms with Crippen molar-refractivity contribution >= 4 is 69.4 Å². The molecule has 8 heterocycles. The van der Waals surface area contributed by atoms with E-state index in [0.29, 0.717) is 69.4 Å². The molecule has 0 aliphatic carbocycles. The molecule has 1 unspecified atom stereocenters. The number of pyridine rings is 1. The molecule has 2 aromatic heterocycles. The van der Waals surface area contributed by atoms with E-state index < -0.39 is 11.9 Å². The number of hydrogen-bond donors (Lipinski definition) is 5. The highest BCUT2D eigenvalue weighted by molar-refractivity contribution is 6.01. The van der Waals surface area contributed by atoms with E-state index in [2.05, 4.69) is 134 Å². The van der Waals surface area contributed by atoms with E-state index in [1.165, 1.54) is 11.1 Å². The number of amides is 4. The SMILES string of the molecule is Cc1cc(C)c(C(=O)N2CCN(c3ccccn3)[C@H](CO)C2)c(C)c1NC1CCN(c2ccccc2C#N)CC1.Cc1ccc(N2CCC(Cc3c(C)cc(C)c(C(=O)N4CCN(c5cccnn5)[C@H](CO)C4)c3C)CC2)c(C#N)c1.Cc1ccc(N2CCC(Nc3c(C)cc(C)c(C(=O)N4CCN(c5ccccc5)C(C(N)=O)C4)c3C)CC2)c(C#N)c1. The van der Waals surface area contributed by atoms with Gasteiger partial charge in [-0.1, -0.05) is 66.7 Å². The summed E-state index contributed by atoms with van der Waals surface area (Å²) >= 11 is 0. The van der Waals surface area contributed by atoms with Crippen LogP contribution in [-0.4, -0.2) is 205 Å². The lowest BCUT2D eigenvalue weighted by molar-refractivity contribution is -0.120. The second kappa shape index (κ2) is 40.0. The Bertz CT molecular complexity index is 5410. The van der Waals surface area contributed by atoms with Crippen LogP contribution in [0.25, 0.3) is 0 Å². The molecule has 0 bridgehead atoms. The average molecular weight is 1660 g/mol. The molecule has 9 aromatic rings. The fraction of sp³-hybridized carbons (Fsp3) is 0.414. The molecule has 6 N–H and O–H groups in total. The van der Waals surface area contributed by atoms with Gasteiger partial charge in [-0.25, -0.2) is 4.98 Å². The van der Waals surface area contributed by atoms with Crippen molar-refractivity contribution < 1.29 is 29.4 Å². The first-order valence-electron chi connectivity index (χ1n) is 43.4. The Morgan fingerprint density at radius 1 is 0.431 bits per heavy atom. The minimum atomic E-state index is -0.589. The first-order valence-corrected chi connectivity index (χ1v) is 43.4. The molecule has 6 aliphatic heterocycles. The Hall–Kier alpha value is -12.6. The zero-order valence-electron chi connectivity index (χ0n) is 73.2. The molecule has 24 heteroatoms. The predicted octanol–water partition coefficient (Wildman–Crippen LogP) is 13.3. The lowest BCUT2D eigenvalue weighted by Gasteiger charge is -2.41. The number of primary amides is 1. The number of benzene rings is 7. The van der Waals surface area contributed by atoms with Crippen molar-refractivity contribution in [1.29, 1.82) is 15.8 Å². The van der Waals surface area contributed by atoms with E-state index in [1.54, 1.807) is 17.3 Å². The number of nitriles is 3. The Morgan fingerprint density at radius 3 is 1.33 bits per heavy atom. The summed E-state index contributed by atoms with van der Waals surface area (Å²) in [7, 11) is 0. The van der Waals surface area contributed by atoms with Crippen molar-refractivity contribution in [3.63, 3.8) is 0 Å². The number of carbonyl (C=O) groups excluding carboxylic acids is 4. The number of aliphatic hydroxyl groups is 2. The Balaban J connectivity index is 0.000000159. The molecule has 640 valence electrons. The van der Waals surface area contributed by atoms with E-state index in [9.17, 15) is 45.2 Å². The highest BCUT2D eigenvalue weighted by Crippen LogP contribution is 2.38. The number of hydrogen-bond acceptors (Lipinski definition) is 20. The first-order chi connectivity index (χ1) is 59.4. The third-order valence-corrected chi connectivity index (χ3v) is 25.9. The number of piperazine rings is 3. The van der Waals surface area contributed by atoms with Gasteiger partial charge >= 0.3 is 0 Å². The number of carbonyl (C=O) groups is 4. The average Bonchev–Trinajstić information content (AvgIpc) is 0.781. The summed E-state index contributed by atoms with van der Waals surface area (Å²) < 4.78 is 0. The van der Waals surface area contributed by atoms with Crippen LogP contribution in [0.4, 0.5) is 45.8 Å². The van der Waals surface area contributed by atoms with Crippen molar-refractivity contribution in [1.82, 2.24) is 29.9 Å². The number of nitrogens with zero attached hydrogens (tertiary/aromatic N) is 15. The summed E-state index contributed by atoms with van der Waals surface area (Å²) in [5.41, 5.74) is 29.1. The molecular weight excluding hydrogens is 1540 g/mol. The minimum absolute atomic E-state index is 0.0140. The van der Waals surface area contributed by atoms with Gasteiger partial charge in [0.1, 0.15) is 30.1 Å². The topological polar surface area (TPSA) is 298 Å². The molecule has 0 saturated carbocycles. The number of anilines is 8. The maximum atomic E-state index is 14.0. The number of rotatable bonds is 18. The van der Waals surface area contributed by atoms with Crippen LogP contribution in [0.3, 0.4) is 0 Å². The Morgan fingerprint density at radius 2 is 0.862 bits per heavy atom. The molecule has 6 saturated heterocycles. The van der Waals surface area contributed by atoms with Crippen LogP contribution in [0, 0.1) is 116 Å². The number of aromatic nitrogens is 3. The maximum absolute atomic E-state index is 14.0. The lowest BCUT2D eigenvalue weighted by Crippen LogP contribution is -2.59. The Kier molecular flexibility index (Phi) is 28.7. The van der Waals surface area contributed by atoms with Gasteiger partial charge in [-0.15, -0.1) is 5.10 Å². The molecule has 7 aromatic carbocycles. The zero-order chi connectivity index (χ0) is 87.3. The molecular formula is C99H118N18O6. The van der Waals surface area contributed by atoms with E-state index in [-0.39, 0.29) is 61.6 Å². The van der Waals surface area contributed by atoms with Gasteiger partial charge in [-0.05, 0) is 267 Å². The summed E-state index contributed by atoms with van der Waals surface area (Å²) in [5, 5.41) is 64.8. The van der Waals surface area contributed by atoms with Crippen LogP contribution in [0.15, 0.2) is 152 Å². The van der Waals surface area contributed by atoms with Crippen molar-refractivity contribution in [2.24, 2.45) is 11.7 Å². The number of aliphatic hydroxyl groups excluding tert-OH is 2.